The summed E-state index contributed by atoms with van der Waals surface area (Å²) in [4.78, 5) is 12.0. The Kier molecular flexibility index (Phi) is 4.61. The topological polar surface area (TPSA) is 29.1 Å². The van der Waals surface area contributed by atoms with Gasteiger partial charge in [0, 0.05) is 9.50 Å². The van der Waals surface area contributed by atoms with E-state index < -0.39 is 0 Å². The van der Waals surface area contributed by atoms with Crippen molar-refractivity contribution in [1.29, 1.82) is 0 Å². The van der Waals surface area contributed by atoms with Crippen molar-refractivity contribution in [3.63, 3.8) is 0 Å². The largest absolute Gasteiger partial charge is 0.325 e. The number of anilines is 1. The van der Waals surface area contributed by atoms with Gasteiger partial charge >= 0.3 is 0 Å². The monoisotopic (exact) mass is 337 g/mol. The predicted molar refractivity (Wildman–Crippen MR) is 82.7 cm³/mol. The van der Waals surface area contributed by atoms with E-state index in [1.807, 2.05) is 43.3 Å². The smallest absolute Gasteiger partial charge is 0.228 e. The van der Waals surface area contributed by atoms with Crippen molar-refractivity contribution in [2.75, 3.05) is 5.32 Å². The summed E-state index contributed by atoms with van der Waals surface area (Å²) in [6.45, 7) is 1.92. The van der Waals surface area contributed by atoms with E-state index in [1.54, 1.807) is 6.07 Å². The van der Waals surface area contributed by atoms with Crippen LogP contribution in [0.2, 0.25) is 5.02 Å². The predicted octanol–water partition coefficient (Wildman–Crippen LogP) is 4.59. The zero-order chi connectivity index (χ0) is 13.8. The molecule has 1 amide bonds. The Bertz CT molecular complexity index is 599. The van der Waals surface area contributed by atoms with Gasteiger partial charge in [0.2, 0.25) is 5.91 Å². The zero-order valence-corrected chi connectivity index (χ0v) is 12.8. The van der Waals surface area contributed by atoms with Crippen molar-refractivity contribution in [3.8, 4) is 0 Å². The molecule has 2 aromatic carbocycles. The molecule has 2 rings (SSSR count). The quantitative estimate of drug-likeness (QED) is 0.871. The lowest BCUT2D eigenvalue weighted by atomic mass is 10.1. The van der Waals surface area contributed by atoms with E-state index >= 15 is 0 Å². The Balaban J connectivity index is 2.09. The molecule has 98 valence electrons. The first-order chi connectivity index (χ1) is 9.06. The molecule has 0 radical (unpaired) electrons. The van der Waals surface area contributed by atoms with Crippen LogP contribution in [0, 0.1) is 6.92 Å². The molecule has 2 nitrogen and oxygen atoms in total. The fourth-order valence-corrected chi connectivity index (χ4v) is 2.44. The van der Waals surface area contributed by atoms with Crippen LogP contribution in [0.1, 0.15) is 11.1 Å². The van der Waals surface area contributed by atoms with E-state index in [2.05, 4.69) is 21.2 Å². The second kappa shape index (κ2) is 6.22. The van der Waals surface area contributed by atoms with Crippen LogP contribution >= 0.6 is 27.5 Å². The molecule has 0 bridgehead atoms. The highest BCUT2D eigenvalue weighted by molar-refractivity contribution is 9.10. The Morgan fingerprint density at radius 3 is 2.63 bits per heavy atom. The SMILES string of the molecule is Cc1cc(Br)c(NC(=O)Cc2ccccc2)cc1Cl. The third-order valence-electron chi connectivity index (χ3n) is 2.73. The molecular formula is C15H13BrClNO. The standard InChI is InChI=1S/C15H13BrClNO/c1-10-7-12(16)14(9-13(10)17)18-15(19)8-11-5-3-2-4-6-11/h2-7,9H,8H2,1H3,(H,18,19). The highest BCUT2D eigenvalue weighted by Gasteiger charge is 2.08. The lowest BCUT2D eigenvalue weighted by Gasteiger charge is -2.09. The van der Waals surface area contributed by atoms with Crippen molar-refractivity contribution in [2.24, 2.45) is 0 Å². The van der Waals surface area contributed by atoms with Gasteiger partial charge in [-0.15, -0.1) is 0 Å². The van der Waals surface area contributed by atoms with Gasteiger partial charge in [0.15, 0.2) is 0 Å². The van der Waals surface area contributed by atoms with Gasteiger partial charge in [-0.1, -0.05) is 41.9 Å². The molecule has 4 heteroatoms. The average Bonchev–Trinajstić information content (AvgIpc) is 2.37. The van der Waals surface area contributed by atoms with E-state index in [0.29, 0.717) is 17.1 Å². The van der Waals surface area contributed by atoms with E-state index in [-0.39, 0.29) is 5.91 Å². The Labute approximate surface area is 125 Å². The Morgan fingerprint density at radius 2 is 1.95 bits per heavy atom. The van der Waals surface area contributed by atoms with Gasteiger partial charge in [0.1, 0.15) is 0 Å². The number of hydrogen-bond acceptors (Lipinski definition) is 1. The van der Waals surface area contributed by atoms with Crippen LogP contribution in [0.5, 0.6) is 0 Å². The average molecular weight is 339 g/mol. The molecule has 0 aromatic heterocycles. The number of hydrogen-bond donors (Lipinski definition) is 1. The van der Waals surface area contributed by atoms with E-state index in [1.165, 1.54) is 0 Å². The van der Waals surface area contributed by atoms with E-state index in [9.17, 15) is 4.79 Å². The second-order valence-corrected chi connectivity index (χ2v) is 5.55. The molecule has 0 spiro atoms. The summed E-state index contributed by atoms with van der Waals surface area (Å²) in [5, 5.41) is 3.49. The first-order valence-corrected chi connectivity index (χ1v) is 7.03. The first kappa shape index (κ1) is 14.1. The first-order valence-electron chi connectivity index (χ1n) is 5.85. The minimum absolute atomic E-state index is 0.0631. The minimum atomic E-state index is -0.0631. The third-order valence-corrected chi connectivity index (χ3v) is 3.79. The molecule has 0 saturated heterocycles. The van der Waals surface area contributed by atoms with Crippen LogP contribution in [0.3, 0.4) is 0 Å². The van der Waals surface area contributed by atoms with Crippen LogP contribution in [0.25, 0.3) is 0 Å². The maximum Gasteiger partial charge on any atom is 0.228 e. The molecule has 0 fully saturated rings. The molecule has 0 unspecified atom stereocenters. The summed E-state index contributed by atoms with van der Waals surface area (Å²) in [5.74, 6) is -0.0631. The molecule has 19 heavy (non-hydrogen) atoms. The molecule has 0 aliphatic heterocycles. The molecule has 0 heterocycles. The van der Waals surface area contributed by atoms with Crippen molar-refractivity contribution >= 4 is 39.1 Å². The molecule has 1 N–H and O–H groups in total. The molecule has 0 aliphatic carbocycles. The lowest BCUT2D eigenvalue weighted by molar-refractivity contribution is -0.115. The Morgan fingerprint density at radius 1 is 1.26 bits per heavy atom. The molecule has 0 atom stereocenters. The normalized spacial score (nSPS) is 10.3. The highest BCUT2D eigenvalue weighted by atomic mass is 79.9. The highest BCUT2D eigenvalue weighted by Crippen LogP contribution is 2.29. The van der Waals surface area contributed by atoms with Gasteiger partial charge in [-0.3, -0.25) is 4.79 Å². The van der Waals surface area contributed by atoms with E-state index in [4.69, 9.17) is 11.6 Å². The van der Waals surface area contributed by atoms with Crippen LogP contribution in [0.4, 0.5) is 5.69 Å². The number of carbonyl (C=O) groups is 1. The van der Waals surface area contributed by atoms with Crippen molar-refractivity contribution in [3.05, 3.63) is 63.1 Å². The molecular weight excluding hydrogens is 326 g/mol. The van der Waals surface area contributed by atoms with Gasteiger partial charge in [-0.2, -0.15) is 0 Å². The molecule has 0 aliphatic rings. The zero-order valence-electron chi connectivity index (χ0n) is 10.4. The maximum absolute atomic E-state index is 12.0. The number of nitrogens with one attached hydrogen (secondary N) is 1. The Hall–Kier alpha value is -1.32. The van der Waals surface area contributed by atoms with Gasteiger partial charge in [0.05, 0.1) is 12.1 Å². The van der Waals surface area contributed by atoms with Crippen molar-refractivity contribution in [2.45, 2.75) is 13.3 Å². The van der Waals surface area contributed by atoms with Gasteiger partial charge in [-0.05, 0) is 46.1 Å². The van der Waals surface area contributed by atoms with Crippen LogP contribution in [0.15, 0.2) is 46.9 Å². The summed E-state index contributed by atoms with van der Waals surface area (Å²) in [6, 6.07) is 13.3. The number of halogens is 2. The number of aryl methyl sites for hydroxylation is 1. The van der Waals surface area contributed by atoms with Crippen LogP contribution in [-0.2, 0) is 11.2 Å². The minimum Gasteiger partial charge on any atom is -0.325 e. The fraction of sp³-hybridized carbons (Fsp3) is 0.133. The molecule has 2 aromatic rings. The number of carbonyl (C=O) groups excluding carboxylic acids is 1. The molecule has 0 saturated carbocycles. The van der Waals surface area contributed by atoms with Gasteiger partial charge in [0.25, 0.3) is 0 Å². The van der Waals surface area contributed by atoms with Gasteiger partial charge in [-0.25, -0.2) is 0 Å². The lowest BCUT2D eigenvalue weighted by Crippen LogP contribution is -2.14. The van der Waals surface area contributed by atoms with Crippen molar-refractivity contribution in [1.82, 2.24) is 0 Å². The van der Waals surface area contributed by atoms with E-state index in [0.717, 1.165) is 15.6 Å². The van der Waals surface area contributed by atoms with Gasteiger partial charge < -0.3 is 5.32 Å². The number of rotatable bonds is 3. The summed E-state index contributed by atoms with van der Waals surface area (Å²) in [7, 11) is 0. The summed E-state index contributed by atoms with van der Waals surface area (Å²) in [6.07, 6.45) is 0.346. The van der Waals surface area contributed by atoms with Crippen LogP contribution < -0.4 is 5.32 Å². The van der Waals surface area contributed by atoms with Crippen molar-refractivity contribution < 1.29 is 4.79 Å². The summed E-state index contributed by atoms with van der Waals surface area (Å²) < 4.78 is 0.829. The summed E-state index contributed by atoms with van der Waals surface area (Å²) >= 11 is 9.48. The van der Waals surface area contributed by atoms with Crippen LogP contribution in [-0.4, -0.2) is 5.91 Å². The number of amides is 1. The maximum atomic E-state index is 12.0. The fourth-order valence-electron chi connectivity index (χ4n) is 1.72. The third kappa shape index (κ3) is 3.82. The number of benzene rings is 2. The second-order valence-electron chi connectivity index (χ2n) is 4.29. The summed E-state index contributed by atoms with van der Waals surface area (Å²) in [5.41, 5.74) is 2.64.